The molecule has 3 nitrogen and oxygen atoms in total. The Balaban J connectivity index is 2.06. The molecule has 1 aliphatic heterocycles. The van der Waals surface area contributed by atoms with Crippen LogP contribution in [0.3, 0.4) is 0 Å². The van der Waals surface area contributed by atoms with Gasteiger partial charge in [-0.05, 0) is 38.5 Å². The van der Waals surface area contributed by atoms with E-state index in [2.05, 4.69) is 31.0 Å². The summed E-state index contributed by atoms with van der Waals surface area (Å²) in [5, 5.41) is 3.49. The van der Waals surface area contributed by atoms with Crippen LogP contribution in [0.5, 0.6) is 0 Å². The van der Waals surface area contributed by atoms with Crippen LogP contribution < -0.4 is 5.32 Å². The summed E-state index contributed by atoms with van der Waals surface area (Å²) >= 11 is 0. The molecule has 1 N–H and O–H groups in total. The van der Waals surface area contributed by atoms with Crippen LogP contribution in [0.4, 0.5) is 0 Å². The van der Waals surface area contributed by atoms with E-state index in [1.807, 2.05) is 0 Å². The lowest BCUT2D eigenvalue weighted by Crippen LogP contribution is -2.46. The first-order valence-corrected chi connectivity index (χ1v) is 7.77. The fraction of sp³-hybridized carbons (Fsp3) is 0.933. The van der Waals surface area contributed by atoms with Gasteiger partial charge in [-0.1, -0.05) is 33.1 Å². The number of hydrogen-bond donors (Lipinski definition) is 1. The largest absolute Gasteiger partial charge is 0.323 e. The Morgan fingerprint density at radius 1 is 1.22 bits per heavy atom. The zero-order valence-electron chi connectivity index (χ0n) is 12.1. The maximum atomic E-state index is 12.5. The SMILES string of the molecule is CCC1NC(CC)N(C(C)C2CCCCC2)C1=O. The van der Waals surface area contributed by atoms with E-state index in [9.17, 15) is 4.79 Å². The van der Waals surface area contributed by atoms with Gasteiger partial charge >= 0.3 is 0 Å². The third kappa shape index (κ3) is 2.56. The maximum absolute atomic E-state index is 12.5. The van der Waals surface area contributed by atoms with Gasteiger partial charge in [-0.2, -0.15) is 0 Å². The fourth-order valence-electron chi connectivity index (χ4n) is 3.65. The number of nitrogens with one attached hydrogen (secondary N) is 1. The molecule has 1 heterocycles. The van der Waals surface area contributed by atoms with Crippen LogP contribution in [0.1, 0.15) is 65.7 Å². The number of carbonyl (C=O) groups is 1. The summed E-state index contributed by atoms with van der Waals surface area (Å²) in [6.45, 7) is 6.52. The maximum Gasteiger partial charge on any atom is 0.241 e. The minimum Gasteiger partial charge on any atom is -0.323 e. The van der Waals surface area contributed by atoms with Gasteiger partial charge in [0.2, 0.25) is 5.91 Å². The van der Waals surface area contributed by atoms with Crippen molar-refractivity contribution in [2.75, 3.05) is 0 Å². The van der Waals surface area contributed by atoms with E-state index in [-0.39, 0.29) is 12.2 Å². The van der Waals surface area contributed by atoms with Crippen molar-refractivity contribution in [2.24, 2.45) is 5.92 Å². The summed E-state index contributed by atoms with van der Waals surface area (Å²) in [6, 6.07) is 0.466. The Kier molecular flexibility index (Phi) is 4.66. The Hall–Kier alpha value is -0.570. The zero-order chi connectivity index (χ0) is 13.1. The average molecular weight is 252 g/mol. The molecule has 18 heavy (non-hydrogen) atoms. The summed E-state index contributed by atoms with van der Waals surface area (Å²) in [5.74, 6) is 1.05. The molecule has 0 aromatic heterocycles. The Bertz CT molecular complexity index is 286. The standard InChI is InChI=1S/C15H28N2O/c1-4-13-15(18)17(14(5-2)16-13)11(3)12-9-7-6-8-10-12/h11-14,16H,4-10H2,1-3H3. The topological polar surface area (TPSA) is 32.3 Å². The normalized spacial score (nSPS) is 31.9. The molecule has 1 saturated carbocycles. The van der Waals surface area contributed by atoms with Crippen molar-refractivity contribution in [3.05, 3.63) is 0 Å². The number of rotatable bonds is 4. The van der Waals surface area contributed by atoms with E-state index in [4.69, 9.17) is 0 Å². The molecule has 0 aromatic rings. The molecule has 3 unspecified atom stereocenters. The molecule has 3 heteroatoms. The van der Waals surface area contributed by atoms with Gasteiger partial charge in [0.15, 0.2) is 0 Å². The third-order valence-corrected chi connectivity index (χ3v) is 4.85. The van der Waals surface area contributed by atoms with Crippen molar-refractivity contribution in [3.63, 3.8) is 0 Å². The summed E-state index contributed by atoms with van der Waals surface area (Å²) in [4.78, 5) is 14.6. The molecule has 0 bridgehead atoms. The van der Waals surface area contributed by atoms with Crippen LogP contribution in [-0.2, 0) is 4.79 Å². The van der Waals surface area contributed by atoms with Gasteiger partial charge in [-0.15, -0.1) is 0 Å². The van der Waals surface area contributed by atoms with E-state index >= 15 is 0 Å². The van der Waals surface area contributed by atoms with Gasteiger partial charge in [0, 0.05) is 6.04 Å². The first-order chi connectivity index (χ1) is 8.69. The van der Waals surface area contributed by atoms with Gasteiger partial charge in [0.25, 0.3) is 0 Å². The van der Waals surface area contributed by atoms with E-state index in [1.54, 1.807) is 0 Å². The summed E-state index contributed by atoms with van der Waals surface area (Å²) in [6.07, 6.45) is 8.86. The number of hydrogen-bond acceptors (Lipinski definition) is 2. The summed E-state index contributed by atoms with van der Waals surface area (Å²) < 4.78 is 0. The first kappa shape index (κ1) is 13.9. The second kappa shape index (κ2) is 6.05. The molecule has 0 aromatic carbocycles. The predicted octanol–water partition coefficient (Wildman–Crippen LogP) is 2.90. The second-order valence-corrected chi connectivity index (χ2v) is 5.94. The van der Waals surface area contributed by atoms with Crippen molar-refractivity contribution >= 4 is 5.91 Å². The van der Waals surface area contributed by atoms with Gasteiger partial charge in [-0.25, -0.2) is 0 Å². The van der Waals surface area contributed by atoms with E-state index in [0.29, 0.717) is 17.9 Å². The van der Waals surface area contributed by atoms with Crippen molar-refractivity contribution in [1.82, 2.24) is 10.2 Å². The average Bonchev–Trinajstić information content (AvgIpc) is 2.75. The minimum atomic E-state index is 0.0565. The second-order valence-electron chi connectivity index (χ2n) is 5.94. The highest BCUT2D eigenvalue weighted by Gasteiger charge is 2.41. The molecule has 104 valence electrons. The van der Waals surface area contributed by atoms with Gasteiger partial charge < -0.3 is 4.90 Å². The van der Waals surface area contributed by atoms with Crippen LogP contribution in [0.2, 0.25) is 0 Å². The van der Waals surface area contributed by atoms with Gasteiger partial charge in [-0.3, -0.25) is 10.1 Å². The van der Waals surface area contributed by atoms with Crippen LogP contribution in [-0.4, -0.2) is 29.1 Å². The highest BCUT2D eigenvalue weighted by atomic mass is 16.2. The van der Waals surface area contributed by atoms with Gasteiger partial charge in [0.05, 0.1) is 12.2 Å². The molecule has 3 atom stereocenters. The molecule has 0 radical (unpaired) electrons. The van der Waals surface area contributed by atoms with E-state index < -0.39 is 0 Å². The van der Waals surface area contributed by atoms with E-state index in [1.165, 1.54) is 32.1 Å². The van der Waals surface area contributed by atoms with E-state index in [0.717, 1.165) is 12.8 Å². The molecule has 1 amide bonds. The lowest BCUT2D eigenvalue weighted by atomic mass is 9.83. The predicted molar refractivity (Wildman–Crippen MR) is 74.2 cm³/mol. The molecule has 0 spiro atoms. The van der Waals surface area contributed by atoms with Crippen LogP contribution >= 0.6 is 0 Å². The molecule has 2 rings (SSSR count). The molecule has 2 aliphatic rings. The first-order valence-electron chi connectivity index (χ1n) is 7.77. The number of nitrogens with zero attached hydrogens (tertiary/aromatic N) is 1. The Labute approximate surface area is 111 Å². The minimum absolute atomic E-state index is 0.0565. The third-order valence-electron chi connectivity index (χ3n) is 4.85. The van der Waals surface area contributed by atoms with Gasteiger partial charge in [0.1, 0.15) is 0 Å². The molecule has 1 aliphatic carbocycles. The Morgan fingerprint density at radius 3 is 2.44 bits per heavy atom. The fourth-order valence-corrected chi connectivity index (χ4v) is 3.65. The highest BCUT2D eigenvalue weighted by Crippen LogP contribution is 2.31. The number of amides is 1. The highest BCUT2D eigenvalue weighted by molar-refractivity contribution is 5.84. The van der Waals surface area contributed by atoms with Crippen molar-refractivity contribution in [3.8, 4) is 0 Å². The molecular weight excluding hydrogens is 224 g/mol. The quantitative estimate of drug-likeness (QED) is 0.834. The van der Waals surface area contributed by atoms with Crippen molar-refractivity contribution in [1.29, 1.82) is 0 Å². The van der Waals surface area contributed by atoms with Crippen LogP contribution in [0.15, 0.2) is 0 Å². The summed E-state index contributed by atoms with van der Waals surface area (Å²) in [5.41, 5.74) is 0. The molecular formula is C15H28N2O. The van der Waals surface area contributed by atoms with Crippen LogP contribution in [0, 0.1) is 5.92 Å². The monoisotopic (exact) mass is 252 g/mol. The lowest BCUT2D eigenvalue weighted by molar-refractivity contribution is -0.133. The van der Waals surface area contributed by atoms with Crippen LogP contribution in [0.25, 0.3) is 0 Å². The van der Waals surface area contributed by atoms with Crippen molar-refractivity contribution in [2.45, 2.75) is 84.0 Å². The zero-order valence-corrected chi connectivity index (χ0v) is 12.1. The smallest absolute Gasteiger partial charge is 0.241 e. The molecule has 1 saturated heterocycles. The van der Waals surface area contributed by atoms with Crippen molar-refractivity contribution < 1.29 is 4.79 Å². The Morgan fingerprint density at radius 2 is 1.89 bits per heavy atom. The molecule has 2 fully saturated rings. The summed E-state index contributed by atoms with van der Waals surface area (Å²) in [7, 11) is 0. The number of carbonyl (C=O) groups excluding carboxylic acids is 1. The lowest BCUT2D eigenvalue weighted by Gasteiger charge is -2.37.